The summed E-state index contributed by atoms with van der Waals surface area (Å²) in [5.41, 5.74) is 4.29. The number of nitrogens with one attached hydrogen (secondary N) is 1. The minimum absolute atomic E-state index is 0.00855. The molecule has 1 aliphatic rings. The number of anilines is 1. The molecule has 146 valence electrons. The van der Waals surface area contributed by atoms with Crippen molar-refractivity contribution in [2.75, 3.05) is 11.9 Å². The van der Waals surface area contributed by atoms with Gasteiger partial charge in [0.05, 0.1) is 16.3 Å². The molecule has 0 heterocycles. The lowest BCUT2D eigenvalue weighted by atomic mass is 9.98. The van der Waals surface area contributed by atoms with E-state index in [1.54, 1.807) is 0 Å². The van der Waals surface area contributed by atoms with Gasteiger partial charge >= 0.3 is 12.1 Å². The van der Waals surface area contributed by atoms with E-state index in [1.165, 1.54) is 12.1 Å². The minimum atomic E-state index is -1.21. The first-order valence-electron chi connectivity index (χ1n) is 8.80. The lowest BCUT2D eigenvalue weighted by Crippen LogP contribution is -2.19. The molecule has 0 fully saturated rings. The predicted molar refractivity (Wildman–Crippen MR) is 115 cm³/mol. The first-order valence-corrected chi connectivity index (χ1v) is 9.97. The van der Waals surface area contributed by atoms with Crippen molar-refractivity contribution in [1.29, 1.82) is 0 Å². The monoisotopic (exact) mass is 471 g/mol. The number of ether oxygens (including phenoxy) is 1. The molecular weight excluding hydrogens is 458 g/mol. The maximum Gasteiger partial charge on any atom is 0.411 e. The van der Waals surface area contributed by atoms with Crippen LogP contribution >= 0.6 is 27.5 Å². The van der Waals surface area contributed by atoms with Crippen molar-refractivity contribution < 1.29 is 19.4 Å². The van der Waals surface area contributed by atoms with Crippen molar-refractivity contribution in [3.63, 3.8) is 0 Å². The fourth-order valence-corrected chi connectivity index (χ4v) is 4.32. The van der Waals surface area contributed by atoms with Crippen LogP contribution in [0.2, 0.25) is 5.02 Å². The minimum Gasteiger partial charge on any atom is -0.478 e. The number of benzene rings is 3. The highest BCUT2D eigenvalue weighted by Gasteiger charge is 2.29. The molecule has 0 spiro atoms. The van der Waals surface area contributed by atoms with Gasteiger partial charge in [-0.25, -0.2) is 9.59 Å². The van der Waals surface area contributed by atoms with Crippen LogP contribution in [0.25, 0.3) is 11.1 Å². The molecule has 0 atom stereocenters. The average molecular weight is 473 g/mol. The molecule has 4 rings (SSSR count). The third-order valence-electron chi connectivity index (χ3n) is 4.89. The Morgan fingerprint density at radius 2 is 1.59 bits per heavy atom. The summed E-state index contributed by atoms with van der Waals surface area (Å²) in [5, 5.41) is 12.0. The van der Waals surface area contributed by atoms with Crippen LogP contribution in [-0.4, -0.2) is 23.8 Å². The van der Waals surface area contributed by atoms with Crippen molar-refractivity contribution in [3.05, 3.63) is 86.8 Å². The molecule has 0 radical (unpaired) electrons. The lowest BCUT2D eigenvalue weighted by molar-refractivity contribution is 0.0697. The van der Waals surface area contributed by atoms with Gasteiger partial charge in [0, 0.05) is 10.4 Å². The number of hydrogen-bond donors (Lipinski definition) is 2. The maximum absolute atomic E-state index is 12.4. The molecule has 0 aliphatic heterocycles. The van der Waals surface area contributed by atoms with Gasteiger partial charge < -0.3 is 9.84 Å². The van der Waals surface area contributed by atoms with Crippen molar-refractivity contribution in [3.8, 4) is 11.1 Å². The van der Waals surface area contributed by atoms with Gasteiger partial charge in [-0.2, -0.15) is 0 Å². The van der Waals surface area contributed by atoms with Gasteiger partial charge in [0.2, 0.25) is 0 Å². The molecule has 7 heteroatoms. The van der Waals surface area contributed by atoms with Crippen LogP contribution in [0.1, 0.15) is 27.4 Å². The van der Waals surface area contributed by atoms with Crippen LogP contribution in [0.4, 0.5) is 10.5 Å². The number of fused-ring (bicyclic) bond motifs is 3. The molecular formula is C22H15BrClNO4. The van der Waals surface area contributed by atoms with Crippen molar-refractivity contribution in [2.45, 2.75) is 5.92 Å². The summed E-state index contributed by atoms with van der Waals surface area (Å²) in [7, 11) is 0. The molecule has 0 unspecified atom stereocenters. The zero-order valence-corrected chi connectivity index (χ0v) is 17.3. The Balaban J connectivity index is 1.55. The fourth-order valence-electron chi connectivity index (χ4n) is 3.62. The Hall–Kier alpha value is -2.83. The van der Waals surface area contributed by atoms with Gasteiger partial charge in [-0.3, -0.25) is 5.32 Å². The fraction of sp³-hybridized carbons (Fsp3) is 0.0909. The second kappa shape index (κ2) is 7.89. The van der Waals surface area contributed by atoms with Gasteiger partial charge in [-0.1, -0.05) is 60.1 Å². The van der Waals surface area contributed by atoms with Crippen LogP contribution in [0.15, 0.2) is 65.1 Å². The smallest absolute Gasteiger partial charge is 0.411 e. The van der Waals surface area contributed by atoms with Crippen LogP contribution < -0.4 is 5.32 Å². The molecule has 0 bridgehead atoms. The molecule has 3 aromatic carbocycles. The molecule has 0 saturated heterocycles. The van der Waals surface area contributed by atoms with Crippen molar-refractivity contribution >= 4 is 45.3 Å². The molecule has 5 nitrogen and oxygen atoms in total. The van der Waals surface area contributed by atoms with E-state index in [-0.39, 0.29) is 28.8 Å². The molecule has 1 aliphatic carbocycles. The number of carbonyl (C=O) groups excluding carboxylic acids is 1. The summed E-state index contributed by atoms with van der Waals surface area (Å²) in [6, 6.07) is 19.0. The zero-order valence-electron chi connectivity index (χ0n) is 15.0. The quantitative estimate of drug-likeness (QED) is 0.477. The van der Waals surface area contributed by atoms with Gasteiger partial charge in [-0.15, -0.1) is 0 Å². The number of carbonyl (C=O) groups is 2. The van der Waals surface area contributed by atoms with E-state index < -0.39 is 12.1 Å². The van der Waals surface area contributed by atoms with Crippen LogP contribution in [0.5, 0.6) is 0 Å². The first-order chi connectivity index (χ1) is 14.0. The summed E-state index contributed by atoms with van der Waals surface area (Å²) in [6.07, 6.45) is -0.769. The van der Waals surface area contributed by atoms with E-state index in [4.69, 9.17) is 16.3 Å². The Morgan fingerprint density at radius 3 is 2.17 bits per heavy atom. The molecule has 29 heavy (non-hydrogen) atoms. The first kappa shape index (κ1) is 19.5. The molecule has 0 saturated carbocycles. The Bertz CT molecular complexity index is 1090. The topological polar surface area (TPSA) is 75.6 Å². The largest absolute Gasteiger partial charge is 0.478 e. The number of aromatic carboxylic acids is 1. The second-order valence-electron chi connectivity index (χ2n) is 6.53. The van der Waals surface area contributed by atoms with Crippen molar-refractivity contribution in [2.24, 2.45) is 0 Å². The highest BCUT2D eigenvalue weighted by atomic mass is 79.9. The summed E-state index contributed by atoms with van der Waals surface area (Å²) >= 11 is 9.27. The lowest BCUT2D eigenvalue weighted by Gasteiger charge is -2.16. The van der Waals surface area contributed by atoms with Crippen molar-refractivity contribution in [1.82, 2.24) is 0 Å². The van der Waals surface area contributed by atoms with E-state index in [1.807, 2.05) is 36.4 Å². The predicted octanol–water partition coefficient (Wildman–Crippen LogP) is 6.16. The Labute approximate surface area is 180 Å². The SMILES string of the molecule is O=C(Nc1c(Cl)ccc(Br)c1C(=O)O)OCC1c2ccccc2-c2ccccc21. The summed E-state index contributed by atoms with van der Waals surface area (Å²) < 4.78 is 5.76. The number of carboxylic acid groups (broad SMARTS) is 1. The standard InChI is InChI=1S/C22H15BrClNO4/c23-17-9-10-18(24)20(19(17)21(26)27)25-22(28)29-11-16-14-7-3-1-5-12(14)13-6-2-4-8-15(13)16/h1-10,16H,11H2,(H,25,28)(H,26,27). The number of halogens is 2. The van der Waals surface area contributed by atoms with E-state index in [9.17, 15) is 14.7 Å². The number of rotatable bonds is 4. The molecule has 1 amide bonds. The molecule has 2 N–H and O–H groups in total. The van der Waals surface area contributed by atoms with E-state index >= 15 is 0 Å². The summed E-state index contributed by atoms with van der Waals surface area (Å²) in [6.45, 7) is 0.119. The molecule has 0 aromatic heterocycles. The molecule has 3 aromatic rings. The Morgan fingerprint density at radius 1 is 1.00 bits per heavy atom. The Kier molecular flexibility index (Phi) is 5.30. The average Bonchev–Trinajstić information content (AvgIpc) is 3.03. The third-order valence-corrected chi connectivity index (χ3v) is 5.86. The van der Waals surface area contributed by atoms with E-state index in [2.05, 4.69) is 33.4 Å². The van der Waals surface area contributed by atoms with E-state index in [0.717, 1.165) is 22.3 Å². The number of hydrogen-bond acceptors (Lipinski definition) is 3. The third kappa shape index (κ3) is 3.61. The van der Waals surface area contributed by atoms with Gasteiger partial charge in [0.25, 0.3) is 0 Å². The van der Waals surface area contributed by atoms with Gasteiger partial charge in [0.1, 0.15) is 6.61 Å². The van der Waals surface area contributed by atoms with Crippen LogP contribution in [-0.2, 0) is 4.74 Å². The normalized spacial score (nSPS) is 12.2. The van der Waals surface area contributed by atoms with Gasteiger partial charge in [0.15, 0.2) is 0 Å². The van der Waals surface area contributed by atoms with Crippen LogP contribution in [0.3, 0.4) is 0 Å². The van der Waals surface area contributed by atoms with E-state index in [0.29, 0.717) is 4.47 Å². The summed E-state index contributed by atoms with van der Waals surface area (Å²) in [4.78, 5) is 24.0. The number of carboxylic acids is 1. The zero-order chi connectivity index (χ0) is 20.5. The summed E-state index contributed by atoms with van der Waals surface area (Å²) in [5.74, 6) is -1.31. The highest BCUT2D eigenvalue weighted by molar-refractivity contribution is 9.10. The second-order valence-corrected chi connectivity index (χ2v) is 7.80. The highest BCUT2D eigenvalue weighted by Crippen LogP contribution is 2.44. The van der Waals surface area contributed by atoms with Crippen LogP contribution in [0, 0.1) is 0 Å². The maximum atomic E-state index is 12.4. The van der Waals surface area contributed by atoms with Gasteiger partial charge in [-0.05, 0) is 50.3 Å². The number of amides is 1.